The van der Waals surface area contributed by atoms with Crippen molar-refractivity contribution in [2.24, 2.45) is 0 Å². The number of benzene rings is 1. The molecule has 3 heterocycles. The summed E-state index contributed by atoms with van der Waals surface area (Å²) in [7, 11) is 2.76. The van der Waals surface area contributed by atoms with Crippen LogP contribution in [0.3, 0.4) is 0 Å². The van der Waals surface area contributed by atoms with Crippen LogP contribution in [-0.4, -0.2) is 73.8 Å². The number of aliphatic hydroxyl groups is 1. The summed E-state index contributed by atoms with van der Waals surface area (Å²) in [5.41, 5.74) is 1.79. The number of aliphatic hydroxyl groups excluding tert-OH is 1. The van der Waals surface area contributed by atoms with E-state index in [-0.39, 0.29) is 18.2 Å². The normalized spacial score (nSPS) is 28.7. The van der Waals surface area contributed by atoms with Crippen molar-refractivity contribution in [2.45, 2.75) is 49.3 Å². The highest BCUT2D eigenvalue weighted by Crippen LogP contribution is 2.55. The lowest BCUT2D eigenvalue weighted by Crippen LogP contribution is -2.47. The largest absolute Gasteiger partial charge is 0.497 e. The molecule has 1 spiro atoms. The lowest BCUT2D eigenvalue weighted by molar-refractivity contribution is -0.164. The van der Waals surface area contributed by atoms with Crippen LogP contribution in [0.25, 0.3) is 0 Å². The minimum Gasteiger partial charge on any atom is -0.497 e. The minimum atomic E-state index is -1.61. The Bertz CT molecular complexity index is 975. The molecule has 1 aliphatic carbocycles. The Balaban J connectivity index is 1.54. The maximum absolute atomic E-state index is 12.7. The summed E-state index contributed by atoms with van der Waals surface area (Å²) in [5.74, 6) is 0.143. The van der Waals surface area contributed by atoms with E-state index in [2.05, 4.69) is 15.7 Å². The summed E-state index contributed by atoms with van der Waals surface area (Å²) >= 11 is 0. The topological polar surface area (TPSA) is 104 Å². The number of carbonyl (C=O) groups excluding carboxylic acids is 2. The molecule has 0 aromatic heterocycles. The molecule has 0 radical (unpaired) electrons. The first kappa shape index (κ1) is 21.1. The minimum absolute atomic E-state index is 0.180. The average Bonchev–Trinajstić information content (AvgIpc) is 3.47. The zero-order chi connectivity index (χ0) is 22.5. The quantitative estimate of drug-likeness (QED) is 0.671. The molecule has 1 saturated heterocycles. The van der Waals surface area contributed by atoms with Gasteiger partial charge in [-0.1, -0.05) is 0 Å². The third-order valence-corrected chi connectivity index (χ3v) is 7.07. The van der Waals surface area contributed by atoms with Gasteiger partial charge < -0.3 is 28.8 Å². The van der Waals surface area contributed by atoms with Crippen LogP contribution in [0.1, 0.15) is 36.3 Å². The molecular weight excluding hydrogens is 418 g/mol. The number of hydrogen-bond acceptors (Lipinski definition) is 9. The van der Waals surface area contributed by atoms with Crippen LogP contribution in [-0.2, 0) is 30.2 Å². The molecule has 1 aromatic rings. The molecule has 32 heavy (non-hydrogen) atoms. The van der Waals surface area contributed by atoms with Crippen molar-refractivity contribution in [1.29, 1.82) is 0 Å². The average molecular weight is 445 g/mol. The number of hydrogen-bond donors (Lipinski definition) is 1. The first-order valence-electron chi connectivity index (χ1n) is 10.9. The number of fused-ring (bicyclic) bond motifs is 3. The lowest BCUT2D eigenvalue weighted by atomic mass is 9.77. The van der Waals surface area contributed by atoms with Gasteiger partial charge in [0.1, 0.15) is 5.76 Å². The molecule has 0 unspecified atom stereocenters. The molecule has 4 aliphatic rings. The van der Waals surface area contributed by atoms with Gasteiger partial charge in [-0.25, -0.2) is 4.79 Å². The van der Waals surface area contributed by atoms with Gasteiger partial charge in [-0.15, -0.1) is 0 Å². The lowest BCUT2D eigenvalue weighted by Gasteiger charge is -2.39. The van der Waals surface area contributed by atoms with Crippen LogP contribution >= 0.6 is 0 Å². The zero-order valence-electron chi connectivity index (χ0n) is 18.2. The molecular formula is C23H27NO8. The van der Waals surface area contributed by atoms with Gasteiger partial charge in [0.25, 0.3) is 0 Å². The Morgan fingerprint density at radius 2 is 2.03 bits per heavy atom. The van der Waals surface area contributed by atoms with E-state index in [1.807, 2.05) is 12.1 Å². The number of methoxy groups -OCH3 is 2. The monoisotopic (exact) mass is 445 g/mol. The molecule has 0 bridgehead atoms. The summed E-state index contributed by atoms with van der Waals surface area (Å²) in [6.45, 7) is 1.98. The van der Waals surface area contributed by atoms with Gasteiger partial charge in [0.15, 0.2) is 23.7 Å². The van der Waals surface area contributed by atoms with Gasteiger partial charge >= 0.3 is 11.9 Å². The zero-order valence-corrected chi connectivity index (χ0v) is 18.2. The summed E-state index contributed by atoms with van der Waals surface area (Å²) in [6, 6.07) is 4.01. The molecule has 1 N–H and O–H groups in total. The molecule has 0 amide bonds. The fourth-order valence-corrected chi connectivity index (χ4v) is 5.62. The van der Waals surface area contributed by atoms with E-state index >= 15 is 0 Å². The van der Waals surface area contributed by atoms with Crippen LogP contribution in [0.4, 0.5) is 0 Å². The van der Waals surface area contributed by atoms with E-state index < -0.39 is 30.6 Å². The van der Waals surface area contributed by atoms with Crippen LogP contribution in [0.2, 0.25) is 0 Å². The van der Waals surface area contributed by atoms with Crippen molar-refractivity contribution < 1.29 is 38.4 Å². The highest BCUT2D eigenvalue weighted by molar-refractivity contribution is 5.82. The molecule has 9 nitrogen and oxygen atoms in total. The van der Waals surface area contributed by atoms with Gasteiger partial charge in [0, 0.05) is 6.54 Å². The van der Waals surface area contributed by atoms with Crippen molar-refractivity contribution in [2.75, 3.05) is 34.1 Å². The molecule has 1 aromatic carbocycles. The first-order valence-corrected chi connectivity index (χ1v) is 10.9. The Morgan fingerprint density at radius 1 is 1.25 bits per heavy atom. The van der Waals surface area contributed by atoms with Crippen LogP contribution in [0, 0.1) is 0 Å². The Kier molecular flexibility index (Phi) is 5.25. The van der Waals surface area contributed by atoms with Gasteiger partial charge in [-0.3, -0.25) is 9.69 Å². The summed E-state index contributed by atoms with van der Waals surface area (Å²) in [6.07, 6.45) is 2.02. The first-order chi connectivity index (χ1) is 15.5. The number of rotatable bonds is 5. The van der Waals surface area contributed by atoms with Gasteiger partial charge in [0.2, 0.25) is 6.79 Å². The van der Waals surface area contributed by atoms with E-state index in [1.165, 1.54) is 7.11 Å². The predicted octanol–water partition coefficient (Wildman–Crippen LogP) is 1.27. The Labute approximate surface area is 185 Å². The third kappa shape index (κ3) is 3.22. The molecule has 172 valence electrons. The Morgan fingerprint density at radius 3 is 2.78 bits per heavy atom. The van der Waals surface area contributed by atoms with E-state index in [0.29, 0.717) is 11.5 Å². The molecule has 0 saturated carbocycles. The van der Waals surface area contributed by atoms with E-state index in [4.69, 9.17) is 18.9 Å². The predicted molar refractivity (Wildman–Crippen MR) is 110 cm³/mol. The second-order valence-electron chi connectivity index (χ2n) is 8.62. The molecule has 3 aliphatic heterocycles. The fourth-order valence-electron chi connectivity index (χ4n) is 5.62. The van der Waals surface area contributed by atoms with Crippen molar-refractivity contribution >= 4 is 11.9 Å². The molecule has 5 rings (SSSR count). The highest BCUT2D eigenvalue weighted by atomic mass is 16.7. The maximum Gasteiger partial charge on any atom is 0.336 e. The van der Waals surface area contributed by atoms with E-state index in [0.717, 1.165) is 49.2 Å². The second kappa shape index (κ2) is 7.97. The molecule has 1 fully saturated rings. The van der Waals surface area contributed by atoms with Crippen LogP contribution in [0.15, 0.2) is 24.0 Å². The second-order valence-corrected chi connectivity index (χ2v) is 8.62. The maximum atomic E-state index is 12.7. The number of esters is 2. The fraction of sp³-hybridized carbons (Fsp3) is 0.565. The standard InChI is InChI=1S/C23H27NO8/c1-28-18-11-23-5-3-6-24(23)7-4-13-8-16-17(31-12-30-16)9-14(13)20(23)21(18)32-22(27)15(25)10-19(26)29-2/h8-9,11,15,20-21,25H,3-7,10,12H2,1-2H3/t15-,20-,21-,23+/m1/s1. The van der Waals surface area contributed by atoms with Crippen molar-refractivity contribution in [3.63, 3.8) is 0 Å². The summed E-state index contributed by atoms with van der Waals surface area (Å²) in [4.78, 5) is 26.7. The summed E-state index contributed by atoms with van der Waals surface area (Å²) in [5, 5.41) is 10.2. The van der Waals surface area contributed by atoms with Crippen molar-refractivity contribution in [3.8, 4) is 11.5 Å². The summed E-state index contributed by atoms with van der Waals surface area (Å²) < 4.78 is 27.3. The number of nitrogens with zero attached hydrogens (tertiary/aromatic N) is 1. The van der Waals surface area contributed by atoms with Crippen LogP contribution in [0.5, 0.6) is 11.5 Å². The molecule has 4 atom stereocenters. The number of carbonyl (C=O) groups is 2. The third-order valence-electron chi connectivity index (χ3n) is 7.07. The van der Waals surface area contributed by atoms with E-state index in [1.54, 1.807) is 7.11 Å². The van der Waals surface area contributed by atoms with Gasteiger partial charge in [-0.2, -0.15) is 0 Å². The Hall–Kier alpha value is -2.78. The highest BCUT2D eigenvalue weighted by Gasteiger charge is 2.58. The van der Waals surface area contributed by atoms with E-state index in [9.17, 15) is 14.7 Å². The smallest absolute Gasteiger partial charge is 0.336 e. The van der Waals surface area contributed by atoms with Gasteiger partial charge in [-0.05, 0) is 55.1 Å². The van der Waals surface area contributed by atoms with Crippen molar-refractivity contribution in [3.05, 3.63) is 35.1 Å². The van der Waals surface area contributed by atoms with Crippen molar-refractivity contribution in [1.82, 2.24) is 4.90 Å². The van der Waals surface area contributed by atoms with Gasteiger partial charge in [0.05, 0.1) is 32.1 Å². The SMILES string of the molecule is COC(=O)C[C@@H](O)C(=O)O[C@@H]1C(OC)=C[C@]23CCCN2CCc2cc4c(cc2[C@H]13)OCO4. The molecule has 9 heteroatoms. The van der Waals surface area contributed by atoms with Crippen LogP contribution < -0.4 is 9.47 Å². The number of ether oxygens (including phenoxy) is 5.